The first kappa shape index (κ1) is 21.8. The SMILES string of the molecule is COc1cc2nccc(OC3=CCC(F)C(Cl)=C3)c2cc1NC(=O)/C=C/CN(C)C. The second-order valence-electron chi connectivity index (χ2n) is 6.97. The number of hydrogen-bond acceptors (Lipinski definition) is 5. The summed E-state index contributed by atoms with van der Waals surface area (Å²) in [5.74, 6) is 1.15. The van der Waals surface area contributed by atoms with Gasteiger partial charge in [-0.2, -0.15) is 0 Å². The smallest absolute Gasteiger partial charge is 0.248 e. The summed E-state index contributed by atoms with van der Waals surface area (Å²) < 4.78 is 24.9. The zero-order chi connectivity index (χ0) is 21.7. The van der Waals surface area contributed by atoms with E-state index in [0.29, 0.717) is 40.4 Å². The maximum Gasteiger partial charge on any atom is 0.248 e. The van der Waals surface area contributed by atoms with Gasteiger partial charge in [-0.1, -0.05) is 17.7 Å². The molecule has 30 heavy (non-hydrogen) atoms. The van der Waals surface area contributed by atoms with Crippen LogP contribution < -0.4 is 14.8 Å². The highest BCUT2D eigenvalue weighted by molar-refractivity contribution is 6.30. The van der Waals surface area contributed by atoms with E-state index in [1.54, 1.807) is 36.5 Å². The zero-order valence-electron chi connectivity index (χ0n) is 17.0. The summed E-state index contributed by atoms with van der Waals surface area (Å²) in [4.78, 5) is 18.6. The number of anilines is 1. The average molecular weight is 432 g/mol. The summed E-state index contributed by atoms with van der Waals surface area (Å²) in [5.41, 5.74) is 1.11. The van der Waals surface area contributed by atoms with Gasteiger partial charge in [0.25, 0.3) is 0 Å². The first-order valence-corrected chi connectivity index (χ1v) is 9.73. The van der Waals surface area contributed by atoms with Crippen molar-refractivity contribution in [3.63, 3.8) is 0 Å². The standard InChI is InChI=1S/C22H23ClFN3O3/c1-27(2)10-4-5-22(28)26-19-12-15-18(13-21(19)29-3)25-9-8-20(15)30-14-6-7-17(24)16(23)11-14/h4-6,8-9,11-13,17H,7,10H2,1-3H3,(H,26,28)/b5-4+. The van der Waals surface area contributed by atoms with Crippen molar-refractivity contribution in [2.75, 3.05) is 33.1 Å². The van der Waals surface area contributed by atoms with Crippen LogP contribution in [0.4, 0.5) is 10.1 Å². The Morgan fingerprint density at radius 2 is 2.20 bits per heavy atom. The van der Waals surface area contributed by atoms with Gasteiger partial charge in [0.05, 0.1) is 23.3 Å². The monoisotopic (exact) mass is 431 g/mol. The first-order chi connectivity index (χ1) is 14.4. The van der Waals surface area contributed by atoms with Crippen molar-refractivity contribution in [2.24, 2.45) is 0 Å². The van der Waals surface area contributed by atoms with Gasteiger partial charge in [0.2, 0.25) is 5.91 Å². The van der Waals surface area contributed by atoms with Crippen molar-refractivity contribution in [1.82, 2.24) is 9.88 Å². The van der Waals surface area contributed by atoms with Gasteiger partial charge in [-0.05, 0) is 38.4 Å². The third-order valence-corrected chi connectivity index (χ3v) is 4.70. The van der Waals surface area contributed by atoms with Crippen LogP contribution in [0.2, 0.25) is 0 Å². The fourth-order valence-electron chi connectivity index (χ4n) is 2.86. The molecule has 2 aromatic rings. The Hall–Kier alpha value is -2.90. The molecule has 0 aliphatic heterocycles. The quantitative estimate of drug-likeness (QED) is 0.657. The van der Waals surface area contributed by atoms with Gasteiger partial charge in [0.15, 0.2) is 0 Å². The fourth-order valence-corrected chi connectivity index (χ4v) is 3.06. The molecule has 0 bridgehead atoms. The summed E-state index contributed by atoms with van der Waals surface area (Å²) in [7, 11) is 5.36. The van der Waals surface area contributed by atoms with Crippen molar-refractivity contribution in [2.45, 2.75) is 12.6 Å². The molecule has 1 atom stereocenters. The molecule has 1 amide bonds. The molecule has 0 saturated carbocycles. The van der Waals surface area contributed by atoms with Crippen LogP contribution in [0.3, 0.4) is 0 Å². The van der Waals surface area contributed by atoms with Gasteiger partial charge in [-0.15, -0.1) is 0 Å². The lowest BCUT2D eigenvalue weighted by Gasteiger charge is -2.16. The predicted molar refractivity (Wildman–Crippen MR) is 117 cm³/mol. The van der Waals surface area contributed by atoms with Crippen LogP contribution in [-0.2, 0) is 4.79 Å². The number of nitrogens with one attached hydrogen (secondary N) is 1. The third kappa shape index (κ3) is 5.37. The van der Waals surface area contributed by atoms with E-state index >= 15 is 0 Å². The van der Waals surface area contributed by atoms with Crippen molar-refractivity contribution in [3.05, 3.63) is 59.5 Å². The van der Waals surface area contributed by atoms with E-state index in [4.69, 9.17) is 21.1 Å². The lowest BCUT2D eigenvalue weighted by Crippen LogP contribution is -2.13. The molecule has 0 fully saturated rings. The molecule has 1 N–H and O–H groups in total. The van der Waals surface area contributed by atoms with Crippen LogP contribution in [0.15, 0.2) is 59.5 Å². The summed E-state index contributed by atoms with van der Waals surface area (Å²) >= 11 is 5.91. The minimum absolute atomic E-state index is 0.102. The van der Waals surface area contributed by atoms with E-state index in [-0.39, 0.29) is 17.4 Å². The molecule has 1 aromatic carbocycles. The summed E-state index contributed by atoms with van der Waals surface area (Å²) in [5, 5.41) is 3.59. The van der Waals surface area contributed by atoms with E-state index in [1.807, 2.05) is 19.0 Å². The number of benzene rings is 1. The molecular weight excluding hydrogens is 409 g/mol. The molecule has 1 aromatic heterocycles. The van der Waals surface area contributed by atoms with Gasteiger partial charge in [0, 0.05) is 36.7 Å². The van der Waals surface area contributed by atoms with E-state index in [1.165, 1.54) is 19.3 Å². The van der Waals surface area contributed by atoms with Gasteiger partial charge in [-0.3, -0.25) is 9.78 Å². The highest BCUT2D eigenvalue weighted by atomic mass is 35.5. The van der Waals surface area contributed by atoms with Crippen LogP contribution in [-0.4, -0.2) is 49.7 Å². The molecule has 1 aliphatic rings. The van der Waals surface area contributed by atoms with E-state index in [2.05, 4.69) is 10.3 Å². The number of likely N-dealkylation sites (N-methyl/N-ethyl adjacent to an activating group) is 1. The van der Waals surface area contributed by atoms with Crippen LogP contribution >= 0.6 is 11.6 Å². The van der Waals surface area contributed by atoms with Gasteiger partial charge in [-0.25, -0.2) is 4.39 Å². The molecule has 1 aliphatic carbocycles. The lowest BCUT2D eigenvalue weighted by atomic mass is 10.1. The number of alkyl halides is 1. The Kier molecular flexibility index (Phi) is 7.07. The summed E-state index contributed by atoms with van der Waals surface area (Å²) in [6, 6.07) is 5.15. The number of amides is 1. The minimum Gasteiger partial charge on any atom is -0.494 e. The number of allylic oxidation sites excluding steroid dienone is 3. The molecule has 0 radical (unpaired) electrons. The Labute approximate surface area is 179 Å². The molecule has 0 spiro atoms. The van der Waals surface area contributed by atoms with E-state index in [0.717, 1.165) is 0 Å². The largest absolute Gasteiger partial charge is 0.494 e. The average Bonchev–Trinajstić information content (AvgIpc) is 2.70. The summed E-state index contributed by atoms with van der Waals surface area (Å²) in [6.45, 7) is 0.648. The Balaban J connectivity index is 1.90. The van der Waals surface area contributed by atoms with E-state index in [9.17, 15) is 9.18 Å². The first-order valence-electron chi connectivity index (χ1n) is 9.35. The number of carbonyl (C=O) groups is 1. The number of hydrogen-bond donors (Lipinski definition) is 1. The van der Waals surface area contributed by atoms with Crippen LogP contribution in [0.1, 0.15) is 6.42 Å². The van der Waals surface area contributed by atoms with Crippen molar-refractivity contribution in [3.8, 4) is 11.5 Å². The van der Waals surface area contributed by atoms with Gasteiger partial charge in [0.1, 0.15) is 23.4 Å². The van der Waals surface area contributed by atoms with Crippen molar-refractivity contribution >= 4 is 34.1 Å². The third-order valence-electron chi connectivity index (χ3n) is 4.35. The highest BCUT2D eigenvalue weighted by Crippen LogP contribution is 2.35. The Morgan fingerprint density at radius 1 is 1.40 bits per heavy atom. The number of halogens is 2. The maximum absolute atomic E-state index is 13.6. The summed E-state index contributed by atoms with van der Waals surface area (Å²) in [6.07, 6.45) is 6.89. The molecule has 0 saturated heterocycles. The normalized spacial score (nSPS) is 16.5. The van der Waals surface area contributed by atoms with Crippen molar-refractivity contribution < 1.29 is 18.7 Å². The molecule has 8 heteroatoms. The van der Waals surface area contributed by atoms with Crippen LogP contribution in [0, 0.1) is 0 Å². The minimum atomic E-state index is -1.21. The number of methoxy groups -OCH3 is 1. The Morgan fingerprint density at radius 3 is 2.90 bits per heavy atom. The van der Waals surface area contributed by atoms with E-state index < -0.39 is 6.17 Å². The molecule has 3 rings (SSSR count). The number of pyridine rings is 1. The van der Waals surface area contributed by atoms with Gasteiger partial charge < -0.3 is 19.7 Å². The lowest BCUT2D eigenvalue weighted by molar-refractivity contribution is -0.111. The van der Waals surface area contributed by atoms with Crippen LogP contribution in [0.5, 0.6) is 11.5 Å². The number of fused-ring (bicyclic) bond motifs is 1. The number of nitrogens with zero attached hydrogens (tertiary/aromatic N) is 2. The van der Waals surface area contributed by atoms with Crippen LogP contribution in [0.25, 0.3) is 10.9 Å². The number of rotatable bonds is 7. The zero-order valence-corrected chi connectivity index (χ0v) is 17.7. The number of carbonyl (C=O) groups excluding carboxylic acids is 1. The Bertz CT molecular complexity index is 1030. The molecule has 1 unspecified atom stereocenters. The topological polar surface area (TPSA) is 63.7 Å². The molecule has 6 nitrogen and oxygen atoms in total. The predicted octanol–water partition coefficient (Wildman–Crippen LogP) is 4.43. The molecule has 1 heterocycles. The van der Waals surface area contributed by atoms with Crippen molar-refractivity contribution in [1.29, 1.82) is 0 Å². The number of ether oxygens (including phenoxy) is 2. The van der Waals surface area contributed by atoms with Gasteiger partial charge >= 0.3 is 0 Å². The second-order valence-corrected chi connectivity index (χ2v) is 7.41. The number of aromatic nitrogens is 1. The maximum atomic E-state index is 13.6. The fraction of sp³-hybridized carbons (Fsp3) is 0.273. The molecular formula is C22H23ClFN3O3. The molecule has 158 valence electrons. The highest BCUT2D eigenvalue weighted by Gasteiger charge is 2.18. The second kappa shape index (κ2) is 9.73.